The van der Waals surface area contributed by atoms with Crippen LogP contribution in [0.2, 0.25) is 0 Å². The Morgan fingerprint density at radius 3 is 2.64 bits per heavy atom. The van der Waals surface area contributed by atoms with Crippen LogP contribution in [0.25, 0.3) is 0 Å². The van der Waals surface area contributed by atoms with Gasteiger partial charge in [-0.1, -0.05) is 24.3 Å². The van der Waals surface area contributed by atoms with E-state index in [1.54, 1.807) is 13.0 Å². The SMILES string of the molecule is CCc1nnc(NC(=O)c2cc(S(=O)(=O)NC)ccc2C)s1. The molecule has 118 valence electrons. The number of anilines is 1. The van der Waals surface area contributed by atoms with Gasteiger partial charge in [-0.15, -0.1) is 10.2 Å². The molecule has 0 aliphatic heterocycles. The molecule has 1 amide bonds. The minimum atomic E-state index is -3.60. The zero-order valence-electron chi connectivity index (χ0n) is 12.4. The number of amides is 1. The van der Waals surface area contributed by atoms with Crippen LogP contribution >= 0.6 is 11.3 Å². The van der Waals surface area contributed by atoms with Gasteiger partial charge in [0, 0.05) is 5.56 Å². The smallest absolute Gasteiger partial charge is 0.257 e. The molecule has 0 radical (unpaired) electrons. The lowest BCUT2D eigenvalue weighted by Gasteiger charge is -2.08. The van der Waals surface area contributed by atoms with Gasteiger partial charge >= 0.3 is 0 Å². The Morgan fingerprint density at radius 1 is 1.32 bits per heavy atom. The molecule has 2 rings (SSSR count). The molecule has 0 saturated carbocycles. The lowest BCUT2D eigenvalue weighted by atomic mass is 10.1. The van der Waals surface area contributed by atoms with Gasteiger partial charge in [0.05, 0.1) is 4.90 Å². The maximum atomic E-state index is 12.3. The molecule has 2 aromatic rings. The van der Waals surface area contributed by atoms with Crippen LogP contribution in [0.1, 0.15) is 27.9 Å². The van der Waals surface area contributed by atoms with E-state index in [4.69, 9.17) is 0 Å². The zero-order valence-corrected chi connectivity index (χ0v) is 14.0. The molecule has 0 unspecified atom stereocenters. The highest BCUT2D eigenvalue weighted by Crippen LogP contribution is 2.19. The zero-order chi connectivity index (χ0) is 16.3. The predicted octanol–water partition coefficient (Wildman–Crippen LogP) is 1.57. The second kappa shape index (κ2) is 6.51. The Hall–Kier alpha value is -1.84. The molecule has 22 heavy (non-hydrogen) atoms. The molecule has 0 spiro atoms. The van der Waals surface area contributed by atoms with Crippen molar-refractivity contribution < 1.29 is 13.2 Å². The first-order valence-corrected chi connectivity index (χ1v) is 8.85. The number of hydrogen-bond donors (Lipinski definition) is 2. The average Bonchev–Trinajstić information content (AvgIpc) is 2.95. The number of hydrogen-bond acceptors (Lipinski definition) is 6. The second-order valence-corrected chi connectivity index (χ2v) is 7.44. The van der Waals surface area contributed by atoms with E-state index in [0.717, 1.165) is 11.4 Å². The summed E-state index contributed by atoms with van der Waals surface area (Å²) in [4.78, 5) is 12.4. The van der Waals surface area contributed by atoms with Crippen LogP contribution < -0.4 is 10.0 Å². The summed E-state index contributed by atoms with van der Waals surface area (Å²) in [5.41, 5.74) is 0.956. The molecule has 7 nitrogen and oxygen atoms in total. The molecule has 0 bridgehead atoms. The van der Waals surface area contributed by atoms with Gasteiger partial charge in [0.15, 0.2) is 0 Å². The number of nitrogens with one attached hydrogen (secondary N) is 2. The molecule has 0 atom stereocenters. The van der Waals surface area contributed by atoms with E-state index in [-0.39, 0.29) is 10.5 Å². The fraction of sp³-hybridized carbons (Fsp3) is 0.308. The van der Waals surface area contributed by atoms with Gasteiger partial charge in [-0.25, -0.2) is 13.1 Å². The minimum Gasteiger partial charge on any atom is -0.296 e. The first-order chi connectivity index (χ1) is 10.4. The number of aromatic nitrogens is 2. The second-order valence-electron chi connectivity index (χ2n) is 4.49. The third-order valence-corrected chi connectivity index (χ3v) is 5.42. The molecular weight excluding hydrogens is 324 g/mol. The van der Waals surface area contributed by atoms with Crippen molar-refractivity contribution in [2.75, 3.05) is 12.4 Å². The summed E-state index contributed by atoms with van der Waals surface area (Å²) in [6.07, 6.45) is 0.739. The van der Waals surface area contributed by atoms with E-state index in [9.17, 15) is 13.2 Å². The summed E-state index contributed by atoms with van der Waals surface area (Å²) in [6, 6.07) is 4.40. The van der Waals surface area contributed by atoms with Gasteiger partial charge in [-0.2, -0.15) is 0 Å². The Balaban J connectivity index is 2.31. The van der Waals surface area contributed by atoms with E-state index in [0.29, 0.717) is 10.7 Å². The minimum absolute atomic E-state index is 0.0391. The van der Waals surface area contributed by atoms with E-state index in [1.807, 2.05) is 6.92 Å². The standard InChI is InChI=1S/C13H16N4O3S2/c1-4-11-16-17-13(21-11)15-12(18)10-7-9(6-5-8(10)2)22(19,20)14-3/h5-7,14H,4H2,1-3H3,(H,15,17,18). The van der Waals surface area contributed by atoms with Crippen molar-refractivity contribution in [3.05, 3.63) is 34.3 Å². The van der Waals surface area contributed by atoms with Gasteiger partial charge in [0.1, 0.15) is 5.01 Å². The topological polar surface area (TPSA) is 101 Å². The van der Waals surface area contributed by atoms with Crippen molar-refractivity contribution in [3.8, 4) is 0 Å². The summed E-state index contributed by atoms with van der Waals surface area (Å²) in [7, 11) is -2.28. The van der Waals surface area contributed by atoms with Gasteiger partial charge < -0.3 is 0 Å². The average molecular weight is 340 g/mol. The molecule has 1 aromatic carbocycles. The van der Waals surface area contributed by atoms with Crippen LogP contribution in [0.5, 0.6) is 0 Å². The van der Waals surface area contributed by atoms with E-state index in [1.165, 1.54) is 30.5 Å². The van der Waals surface area contributed by atoms with E-state index in [2.05, 4.69) is 20.2 Å². The van der Waals surface area contributed by atoms with Crippen LogP contribution in [0.4, 0.5) is 5.13 Å². The van der Waals surface area contributed by atoms with Gasteiger partial charge in [0.25, 0.3) is 5.91 Å². The number of aryl methyl sites for hydroxylation is 2. The Labute approximate surface area is 132 Å². The van der Waals surface area contributed by atoms with E-state index < -0.39 is 15.9 Å². The molecule has 1 heterocycles. The van der Waals surface area contributed by atoms with Crippen molar-refractivity contribution in [2.45, 2.75) is 25.2 Å². The Bertz CT molecular complexity index is 799. The largest absolute Gasteiger partial charge is 0.296 e. The Kier molecular flexibility index (Phi) is 4.89. The molecular formula is C13H16N4O3S2. The fourth-order valence-corrected chi connectivity index (χ4v) is 3.17. The monoisotopic (exact) mass is 340 g/mol. The number of nitrogens with zero attached hydrogens (tertiary/aromatic N) is 2. The van der Waals surface area contributed by atoms with Crippen molar-refractivity contribution in [3.63, 3.8) is 0 Å². The van der Waals surface area contributed by atoms with Crippen LogP contribution in [-0.4, -0.2) is 31.6 Å². The highest BCUT2D eigenvalue weighted by atomic mass is 32.2. The number of sulfonamides is 1. The lowest BCUT2D eigenvalue weighted by Crippen LogP contribution is -2.20. The number of rotatable bonds is 5. The summed E-state index contributed by atoms with van der Waals surface area (Å²) in [5.74, 6) is -0.413. The number of carbonyl (C=O) groups excluding carboxylic acids is 1. The van der Waals surface area contributed by atoms with Crippen LogP contribution in [-0.2, 0) is 16.4 Å². The van der Waals surface area contributed by atoms with Crippen molar-refractivity contribution >= 4 is 32.4 Å². The fourth-order valence-electron chi connectivity index (χ4n) is 1.74. The first kappa shape index (κ1) is 16.5. The number of carbonyl (C=O) groups is 1. The van der Waals surface area contributed by atoms with Crippen LogP contribution in [0.15, 0.2) is 23.1 Å². The van der Waals surface area contributed by atoms with Crippen molar-refractivity contribution in [1.82, 2.24) is 14.9 Å². The highest BCUT2D eigenvalue weighted by molar-refractivity contribution is 7.89. The normalized spacial score (nSPS) is 11.4. The van der Waals surface area contributed by atoms with Gasteiger partial charge in [-0.05, 0) is 38.1 Å². The third kappa shape index (κ3) is 3.49. The molecule has 0 aliphatic carbocycles. The summed E-state index contributed by atoms with van der Waals surface area (Å²) in [6.45, 7) is 3.69. The third-order valence-electron chi connectivity index (χ3n) is 3.02. The molecule has 2 N–H and O–H groups in total. The summed E-state index contributed by atoms with van der Waals surface area (Å²) in [5, 5.41) is 11.6. The number of benzene rings is 1. The predicted molar refractivity (Wildman–Crippen MR) is 84.7 cm³/mol. The van der Waals surface area contributed by atoms with Crippen molar-refractivity contribution in [2.24, 2.45) is 0 Å². The summed E-state index contributed by atoms with van der Waals surface area (Å²) < 4.78 is 25.9. The molecule has 9 heteroatoms. The maximum Gasteiger partial charge on any atom is 0.257 e. The molecule has 0 aliphatic rings. The Morgan fingerprint density at radius 2 is 2.05 bits per heavy atom. The van der Waals surface area contributed by atoms with Crippen LogP contribution in [0, 0.1) is 6.92 Å². The first-order valence-electron chi connectivity index (χ1n) is 6.55. The lowest BCUT2D eigenvalue weighted by molar-refractivity contribution is 0.102. The summed E-state index contributed by atoms with van der Waals surface area (Å²) >= 11 is 1.29. The van der Waals surface area contributed by atoms with Crippen LogP contribution in [0.3, 0.4) is 0 Å². The maximum absolute atomic E-state index is 12.3. The molecule has 0 fully saturated rings. The molecule has 0 saturated heterocycles. The van der Waals surface area contributed by atoms with Gasteiger partial charge in [0.2, 0.25) is 15.2 Å². The van der Waals surface area contributed by atoms with Gasteiger partial charge in [-0.3, -0.25) is 10.1 Å². The molecule has 1 aromatic heterocycles. The van der Waals surface area contributed by atoms with Crippen molar-refractivity contribution in [1.29, 1.82) is 0 Å². The van der Waals surface area contributed by atoms with E-state index >= 15 is 0 Å². The quantitative estimate of drug-likeness (QED) is 0.860. The highest BCUT2D eigenvalue weighted by Gasteiger charge is 2.17.